The molecule has 1 unspecified atom stereocenters. The van der Waals surface area contributed by atoms with E-state index >= 15 is 0 Å². The monoisotopic (exact) mass is 167 g/mol. The Morgan fingerprint density at radius 1 is 1.50 bits per heavy atom. The molecule has 1 aromatic rings. The molecule has 0 aliphatic carbocycles. The highest BCUT2D eigenvalue weighted by Crippen LogP contribution is 2.36. The van der Waals surface area contributed by atoms with E-state index < -0.39 is 19.8 Å². The molecule has 5 heteroatoms. The number of rotatable bonds is 0. The van der Waals surface area contributed by atoms with Gasteiger partial charge in [0.25, 0.3) is 0 Å². The van der Waals surface area contributed by atoms with Crippen molar-refractivity contribution in [2.24, 2.45) is 0 Å². The van der Waals surface area contributed by atoms with Gasteiger partial charge in [0.05, 0.1) is 5.30 Å². The normalized spacial score (nSPS) is 12.8. The van der Waals surface area contributed by atoms with Crippen molar-refractivity contribution in [3.63, 3.8) is 0 Å². The van der Waals surface area contributed by atoms with Crippen LogP contribution in [0, 0.1) is 6.92 Å². The maximum absolute atomic E-state index is 11.9. The lowest BCUT2D eigenvalue weighted by atomic mass is 10.3. The molecule has 1 rings (SSSR count). The zero-order valence-corrected chi connectivity index (χ0v) is 6.16. The van der Waals surface area contributed by atoms with Crippen molar-refractivity contribution in [2.45, 2.75) is 13.1 Å². The van der Waals surface area contributed by atoms with Gasteiger partial charge in [-0.05, 0) is 20.8 Å². The summed E-state index contributed by atoms with van der Waals surface area (Å²) in [5.74, 6) is 0. The first-order chi connectivity index (χ1) is 4.52. The van der Waals surface area contributed by atoms with Gasteiger partial charge < -0.3 is 0 Å². The number of aryl methyl sites for hydroxylation is 1. The summed E-state index contributed by atoms with van der Waals surface area (Å²) in [7, 11) is -0.444. The Kier molecular flexibility index (Phi) is 1.73. The third-order valence-electron chi connectivity index (χ3n) is 1.11. The van der Waals surface area contributed by atoms with E-state index in [1.54, 1.807) is 0 Å². The second kappa shape index (κ2) is 2.27. The average molecular weight is 167 g/mol. The molecule has 0 saturated heterocycles. The highest BCUT2D eigenvalue weighted by molar-refractivity contribution is 7.26. The summed E-state index contributed by atoms with van der Waals surface area (Å²) in [6.45, 7) is 1.42. The van der Waals surface area contributed by atoms with Crippen molar-refractivity contribution in [1.29, 1.82) is 0 Å². The van der Waals surface area contributed by atoms with Crippen LogP contribution in [0.2, 0.25) is 0 Å². The van der Waals surface area contributed by atoms with Crippen LogP contribution in [-0.4, -0.2) is 4.75 Å². The van der Waals surface area contributed by atoms with E-state index in [1.165, 1.54) is 13.1 Å². The van der Waals surface area contributed by atoms with Crippen molar-refractivity contribution in [2.75, 3.05) is 0 Å². The summed E-state index contributed by atoms with van der Waals surface area (Å²) >= 11 is 0. The number of hydrogen-bond acceptors (Lipinski definition) is 1. The minimum Gasteiger partial charge on any atom is -0.248 e. The largest absolute Gasteiger partial charge is 0.421 e. The fourth-order valence-corrected chi connectivity index (χ4v) is 1.39. The zero-order valence-electron chi connectivity index (χ0n) is 5.16. The van der Waals surface area contributed by atoms with Crippen LogP contribution >= 0.6 is 8.35 Å². The second-order valence-corrected chi connectivity index (χ2v) is 2.91. The first kappa shape index (κ1) is 7.61. The average Bonchev–Trinajstić information content (AvgIpc) is 2.11. The quantitative estimate of drug-likeness (QED) is 0.578. The van der Waals surface area contributed by atoms with E-state index in [-0.39, 0.29) is 5.56 Å². The van der Waals surface area contributed by atoms with Gasteiger partial charge in [-0.1, -0.05) is 0 Å². The van der Waals surface area contributed by atoms with Crippen LogP contribution < -0.4 is 0 Å². The Bertz CT molecular complexity index is 227. The molecule has 0 radical (unpaired) electrons. The third kappa shape index (κ3) is 1.32. The van der Waals surface area contributed by atoms with Gasteiger partial charge in [0.1, 0.15) is 0 Å². The van der Waals surface area contributed by atoms with Gasteiger partial charge in [-0.25, -0.2) is 4.75 Å². The molecule has 0 spiro atoms. The fraction of sp³-hybridized carbons (Fsp3) is 0.400. The lowest BCUT2D eigenvalue weighted by Crippen LogP contribution is -2.02. The van der Waals surface area contributed by atoms with Crippen LogP contribution in [0.3, 0.4) is 0 Å². The smallest absolute Gasteiger partial charge is 0.248 e. The molecule has 1 atom stereocenters. The van der Waals surface area contributed by atoms with Crippen molar-refractivity contribution < 1.29 is 13.2 Å². The number of alkyl halides is 3. The summed E-state index contributed by atoms with van der Waals surface area (Å²) in [6.07, 6.45) is -2.92. The fourth-order valence-electron chi connectivity index (χ4n) is 0.633. The molecule has 10 heavy (non-hydrogen) atoms. The van der Waals surface area contributed by atoms with Crippen LogP contribution in [-0.2, 0) is 6.18 Å². The summed E-state index contributed by atoms with van der Waals surface area (Å²) < 4.78 is 39.2. The second-order valence-electron chi connectivity index (χ2n) is 1.93. The minimum atomic E-state index is -4.18. The van der Waals surface area contributed by atoms with E-state index in [9.17, 15) is 13.2 Å². The Labute approximate surface area is 57.4 Å². The molecule has 0 N–H and O–H groups in total. The number of halogens is 3. The predicted molar refractivity (Wildman–Crippen MR) is 33.5 cm³/mol. The highest BCUT2D eigenvalue weighted by Gasteiger charge is 2.33. The molecule has 0 amide bonds. The Morgan fingerprint density at radius 2 is 2.10 bits per heavy atom. The van der Waals surface area contributed by atoms with Gasteiger partial charge in [0.15, 0.2) is 0 Å². The Morgan fingerprint density at radius 3 is 2.30 bits per heavy atom. The molecule has 0 aromatic carbocycles. The summed E-state index contributed by atoms with van der Waals surface area (Å²) in [4.78, 5) is 0. The number of aromatic nitrogens is 1. The molecule has 0 saturated carbocycles. The predicted octanol–water partition coefficient (Wildman–Crippen LogP) is 2.44. The van der Waals surface area contributed by atoms with Crippen molar-refractivity contribution in [3.05, 3.63) is 17.1 Å². The Balaban J connectivity index is 3.05. The first-order valence-corrected chi connectivity index (χ1v) is 3.53. The number of nitrogens with zero attached hydrogens (tertiary/aromatic N) is 1. The lowest BCUT2D eigenvalue weighted by molar-refractivity contribution is -0.134. The molecule has 1 nitrogen and oxygen atoms in total. The van der Waals surface area contributed by atoms with Crippen LogP contribution in [0.5, 0.6) is 0 Å². The standard InChI is InChI=1S/C5H5F3NP/c1-3-2-9-10-4(3)5(6,7)8/h2,10H,1H3. The zero-order chi connectivity index (χ0) is 7.78. The summed E-state index contributed by atoms with van der Waals surface area (Å²) in [5.41, 5.74) is 0.242. The molecule has 0 aliphatic rings. The van der Waals surface area contributed by atoms with Crippen LogP contribution in [0.15, 0.2) is 6.20 Å². The third-order valence-corrected chi connectivity index (χ3v) is 2.27. The molecule has 1 aromatic heterocycles. The minimum absolute atomic E-state index is 0.242. The van der Waals surface area contributed by atoms with Crippen LogP contribution in [0.4, 0.5) is 13.2 Å². The van der Waals surface area contributed by atoms with Crippen molar-refractivity contribution >= 4 is 8.35 Å². The van der Waals surface area contributed by atoms with Crippen molar-refractivity contribution in [3.8, 4) is 0 Å². The van der Waals surface area contributed by atoms with Gasteiger partial charge in [0, 0.05) is 6.20 Å². The lowest BCUT2D eigenvalue weighted by Gasteiger charge is -2.02. The SMILES string of the molecule is Cc1cn[pH]c1C(F)(F)F. The van der Waals surface area contributed by atoms with E-state index in [1.807, 2.05) is 0 Å². The number of hydrogen-bond donors (Lipinski definition) is 0. The van der Waals surface area contributed by atoms with Gasteiger partial charge in [-0.2, -0.15) is 13.2 Å². The van der Waals surface area contributed by atoms with E-state index in [0.29, 0.717) is 0 Å². The maximum Gasteiger partial charge on any atom is 0.421 e. The molecule has 0 aliphatic heterocycles. The van der Waals surface area contributed by atoms with E-state index in [4.69, 9.17) is 0 Å². The highest BCUT2D eigenvalue weighted by atomic mass is 31.0. The molecular weight excluding hydrogens is 162 g/mol. The molecule has 1 heterocycles. The van der Waals surface area contributed by atoms with Gasteiger partial charge in [-0.3, -0.25) is 0 Å². The van der Waals surface area contributed by atoms with Gasteiger partial charge >= 0.3 is 6.18 Å². The molecule has 0 fully saturated rings. The first-order valence-electron chi connectivity index (χ1n) is 2.59. The van der Waals surface area contributed by atoms with Gasteiger partial charge in [-0.15, -0.1) is 0 Å². The van der Waals surface area contributed by atoms with Crippen LogP contribution in [0.1, 0.15) is 10.9 Å². The van der Waals surface area contributed by atoms with E-state index in [2.05, 4.69) is 4.75 Å². The van der Waals surface area contributed by atoms with Crippen molar-refractivity contribution in [1.82, 2.24) is 4.75 Å². The van der Waals surface area contributed by atoms with Gasteiger partial charge in [0.2, 0.25) is 0 Å². The molecule has 0 bridgehead atoms. The summed E-state index contributed by atoms with van der Waals surface area (Å²) in [5, 5.41) is -0.493. The maximum atomic E-state index is 11.9. The van der Waals surface area contributed by atoms with Crippen LogP contribution in [0.25, 0.3) is 0 Å². The topological polar surface area (TPSA) is 12.9 Å². The molecule has 56 valence electrons. The molecular formula is C5H5F3NP. The summed E-state index contributed by atoms with van der Waals surface area (Å²) in [6, 6.07) is 0. The van der Waals surface area contributed by atoms with E-state index in [0.717, 1.165) is 0 Å². The Hall–Kier alpha value is -0.500.